The van der Waals surface area contributed by atoms with Crippen molar-refractivity contribution in [1.29, 1.82) is 0 Å². The highest BCUT2D eigenvalue weighted by atomic mass is 19.2. The summed E-state index contributed by atoms with van der Waals surface area (Å²) in [6.45, 7) is 3.56. The molecule has 3 nitrogen and oxygen atoms in total. The number of ether oxygens (including phenoxy) is 2. The Kier molecular flexibility index (Phi) is 3.91. The molecule has 1 aromatic rings. The Morgan fingerprint density at radius 2 is 2.00 bits per heavy atom. The van der Waals surface area contributed by atoms with Crippen molar-refractivity contribution in [3.05, 3.63) is 29.3 Å². The third-order valence-corrected chi connectivity index (χ3v) is 2.78. The van der Waals surface area contributed by atoms with Gasteiger partial charge in [-0.15, -0.1) is 0 Å². The molecule has 0 atom stereocenters. The predicted molar refractivity (Wildman–Crippen MR) is 59.0 cm³/mol. The maximum absolute atomic E-state index is 13.3. The largest absolute Gasteiger partial charge is 0.494 e. The van der Waals surface area contributed by atoms with Crippen molar-refractivity contribution >= 4 is 0 Å². The molecule has 1 aromatic carbocycles. The minimum absolute atomic E-state index is 0.0479. The zero-order valence-corrected chi connectivity index (χ0v) is 9.71. The fourth-order valence-electron chi connectivity index (χ4n) is 1.87. The number of rotatable bonds is 3. The zero-order valence-electron chi connectivity index (χ0n) is 9.71. The number of hydrogen-bond acceptors (Lipinski definition) is 3. The van der Waals surface area contributed by atoms with Crippen LogP contribution in [0, 0.1) is 11.6 Å². The van der Waals surface area contributed by atoms with E-state index in [-0.39, 0.29) is 5.75 Å². The van der Waals surface area contributed by atoms with E-state index in [0.29, 0.717) is 25.3 Å². The van der Waals surface area contributed by atoms with Gasteiger partial charge in [-0.05, 0) is 17.7 Å². The van der Waals surface area contributed by atoms with Crippen LogP contribution < -0.4 is 4.74 Å². The Labute approximate surface area is 98.9 Å². The Morgan fingerprint density at radius 1 is 1.29 bits per heavy atom. The third kappa shape index (κ3) is 2.92. The second kappa shape index (κ2) is 5.42. The second-order valence-electron chi connectivity index (χ2n) is 3.98. The van der Waals surface area contributed by atoms with Gasteiger partial charge in [-0.3, -0.25) is 4.90 Å². The van der Waals surface area contributed by atoms with Crippen molar-refractivity contribution in [3.8, 4) is 5.75 Å². The van der Waals surface area contributed by atoms with Gasteiger partial charge in [0.2, 0.25) is 5.82 Å². The van der Waals surface area contributed by atoms with Gasteiger partial charge in [0.1, 0.15) is 0 Å². The first-order chi connectivity index (χ1) is 8.20. The molecule has 2 rings (SSSR count). The van der Waals surface area contributed by atoms with Crippen LogP contribution in [0.4, 0.5) is 8.78 Å². The van der Waals surface area contributed by atoms with Gasteiger partial charge in [-0.1, -0.05) is 0 Å². The summed E-state index contributed by atoms with van der Waals surface area (Å²) in [4.78, 5) is 2.13. The molecule has 1 fully saturated rings. The lowest BCUT2D eigenvalue weighted by molar-refractivity contribution is 0.0341. The molecule has 5 heteroatoms. The van der Waals surface area contributed by atoms with E-state index in [9.17, 15) is 8.78 Å². The molecule has 94 valence electrons. The predicted octanol–water partition coefficient (Wildman–Crippen LogP) is 1.81. The summed E-state index contributed by atoms with van der Waals surface area (Å²) in [6, 6.07) is 2.75. The Balaban J connectivity index is 2.12. The zero-order chi connectivity index (χ0) is 12.3. The fourth-order valence-corrected chi connectivity index (χ4v) is 1.87. The van der Waals surface area contributed by atoms with Gasteiger partial charge in [-0.2, -0.15) is 4.39 Å². The van der Waals surface area contributed by atoms with Crippen LogP contribution in [0.5, 0.6) is 5.75 Å². The van der Waals surface area contributed by atoms with E-state index in [1.165, 1.54) is 19.2 Å². The maximum atomic E-state index is 13.3. The molecule has 17 heavy (non-hydrogen) atoms. The lowest BCUT2D eigenvalue weighted by atomic mass is 10.2. The molecule has 1 saturated heterocycles. The van der Waals surface area contributed by atoms with Gasteiger partial charge in [-0.25, -0.2) is 4.39 Å². The van der Waals surface area contributed by atoms with E-state index in [4.69, 9.17) is 9.47 Å². The molecule has 0 spiro atoms. The summed E-state index contributed by atoms with van der Waals surface area (Å²) in [5.41, 5.74) is 0.711. The topological polar surface area (TPSA) is 21.7 Å². The molecule has 0 aromatic heterocycles. The molecule has 0 amide bonds. The van der Waals surface area contributed by atoms with Crippen molar-refractivity contribution in [2.75, 3.05) is 33.4 Å². The first kappa shape index (κ1) is 12.3. The second-order valence-corrected chi connectivity index (χ2v) is 3.98. The van der Waals surface area contributed by atoms with E-state index < -0.39 is 11.6 Å². The Morgan fingerprint density at radius 3 is 2.65 bits per heavy atom. The van der Waals surface area contributed by atoms with Gasteiger partial charge in [0, 0.05) is 19.6 Å². The van der Waals surface area contributed by atoms with Crippen LogP contribution in [0.3, 0.4) is 0 Å². The molecular formula is C12H15F2NO2. The van der Waals surface area contributed by atoms with Gasteiger partial charge >= 0.3 is 0 Å². The molecule has 0 aliphatic carbocycles. The normalized spacial score (nSPS) is 17.1. The number of methoxy groups -OCH3 is 1. The van der Waals surface area contributed by atoms with Crippen LogP contribution >= 0.6 is 0 Å². The van der Waals surface area contributed by atoms with Crippen molar-refractivity contribution in [1.82, 2.24) is 4.90 Å². The highest BCUT2D eigenvalue weighted by Gasteiger charge is 2.15. The number of hydrogen-bond donors (Lipinski definition) is 0. The van der Waals surface area contributed by atoms with E-state index in [2.05, 4.69) is 4.90 Å². The first-order valence-electron chi connectivity index (χ1n) is 5.52. The number of halogens is 2. The van der Waals surface area contributed by atoms with Crippen molar-refractivity contribution in [3.63, 3.8) is 0 Å². The molecule has 0 saturated carbocycles. The number of morpholine rings is 1. The van der Waals surface area contributed by atoms with Gasteiger partial charge in [0.05, 0.1) is 20.3 Å². The number of benzene rings is 1. The molecule has 0 bridgehead atoms. The third-order valence-electron chi connectivity index (χ3n) is 2.78. The average Bonchev–Trinajstić information content (AvgIpc) is 2.35. The van der Waals surface area contributed by atoms with E-state index >= 15 is 0 Å². The summed E-state index contributed by atoms with van der Waals surface area (Å²) in [6.07, 6.45) is 0. The lowest BCUT2D eigenvalue weighted by Crippen LogP contribution is -2.35. The van der Waals surface area contributed by atoms with Crippen LogP contribution in [-0.2, 0) is 11.3 Å². The maximum Gasteiger partial charge on any atom is 0.200 e. The highest BCUT2D eigenvalue weighted by Crippen LogP contribution is 2.22. The molecular weight excluding hydrogens is 228 g/mol. The van der Waals surface area contributed by atoms with E-state index in [1.54, 1.807) is 0 Å². The first-order valence-corrected chi connectivity index (χ1v) is 5.52. The van der Waals surface area contributed by atoms with E-state index in [0.717, 1.165) is 13.1 Å². The van der Waals surface area contributed by atoms with Crippen LogP contribution in [0.1, 0.15) is 5.56 Å². The Hall–Kier alpha value is -1.20. The van der Waals surface area contributed by atoms with Crippen LogP contribution in [0.15, 0.2) is 12.1 Å². The summed E-state index contributed by atoms with van der Waals surface area (Å²) < 4.78 is 36.5. The SMILES string of the molecule is COc1cc(CN2CCOCC2)cc(F)c1F. The summed E-state index contributed by atoms with van der Waals surface area (Å²) >= 11 is 0. The van der Waals surface area contributed by atoms with Gasteiger partial charge in [0.25, 0.3) is 0 Å². The van der Waals surface area contributed by atoms with Crippen molar-refractivity contribution < 1.29 is 18.3 Å². The fraction of sp³-hybridized carbons (Fsp3) is 0.500. The van der Waals surface area contributed by atoms with Gasteiger partial charge < -0.3 is 9.47 Å². The van der Waals surface area contributed by atoms with Crippen molar-refractivity contribution in [2.45, 2.75) is 6.54 Å². The molecule has 1 aliphatic rings. The highest BCUT2D eigenvalue weighted by molar-refractivity contribution is 5.31. The summed E-state index contributed by atoms with van der Waals surface area (Å²) in [5.74, 6) is -1.85. The molecule has 0 N–H and O–H groups in total. The Bertz CT molecular complexity index is 392. The lowest BCUT2D eigenvalue weighted by Gasteiger charge is -2.26. The molecule has 0 radical (unpaired) electrons. The molecule has 1 heterocycles. The average molecular weight is 243 g/mol. The monoisotopic (exact) mass is 243 g/mol. The standard InChI is InChI=1S/C12H15F2NO2/c1-16-11-7-9(6-10(13)12(11)14)8-15-2-4-17-5-3-15/h6-7H,2-5,8H2,1H3. The summed E-state index contributed by atoms with van der Waals surface area (Å²) in [5, 5.41) is 0. The minimum Gasteiger partial charge on any atom is -0.494 e. The quantitative estimate of drug-likeness (QED) is 0.808. The smallest absolute Gasteiger partial charge is 0.200 e. The molecule has 1 aliphatic heterocycles. The van der Waals surface area contributed by atoms with Crippen molar-refractivity contribution in [2.24, 2.45) is 0 Å². The van der Waals surface area contributed by atoms with Gasteiger partial charge in [0.15, 0.2) is 11.6 Å². The van der Waals surface area contributed by atoms with Crippen LogP contribution in [0.2, 0.25) is 0 Å². The molecule has 0 unspecified atom stereocenters. The summed E-state index contributed by atoms with van der Waals surface area (Å²) in [7, 11) is 1.33. The number of nitrogens with zero attached hydrogens (tertiary/aromatic N) is 1. The van der Waals surface area contributed by atoms with Crippen LogP contribution in [0.25, 0.3) is 0 Å². The van der Waals surface area contributed by atoms with Crippen LogP contribution in [-0.4, -0.2) is 38.3 Å². The minimum atomic E-state index is -0.932. The van der Waals surface area contributed by atoms with E-state index in [1.807, 2.05) is 0 Å².